The molecule has 216 valence electrons. The van der Waals surface area contributed by atoms with Crippen molar-refractivity contribution in [3.8, 4) is 34.5 Å². The number of benzene rings is 3. The Morgan fingerprint density at radius 2 is 1.70 bits per heavy atom. The molecule has 0 radical (unpaired) electrons. The van der Waals surface area contributed by atoms with Gasteiger partial charge in [-0.3, -0.25) is 14.2 Å². The van der Waals surface area contributed by atoms with Crippen molar-refractivity contribution in [2.45, 2.75) is 6.54 Å². The summed E-state index contributed by atoms with van der Waals surface area (Å²) in [5.41, 5.74) is 3.00. The molecule has 0 bridgehead atoms. The van der Waals surface area contributed by atoms with Crippen molar-refractivity contribution >= 4 is 28.9 Å². The minimum atomic E-state index is -0.614. The van der Waals surface area contributed by atoms with Gasteiger partial charge in [0.2, 0.25) is 0 Å². The Labute approximate surface area is 255 Å². The molecule has 0 saturated heterocycles. The van der Waals surface area contributed by atoms with Crippen LogP contribution in [0.4, 0.5) is 0 Å². The number of rotatable bonds is 8. The summed E-state index contributed by atoms with van der Waals surface area (Å²) in [5, 5.41) is 17.7. The van der Waals surface area contributed by atoms with Crippen molar-refractivity contribution in [1.29, 1.82) is 5.26 Å². The Balaban J connectivity index is 1.55. The second-order valence-electron chi connectivity index (χ2n) is 9.58. The lowest BCUT2D eigenvalue weighted by Gasteiger charge is -2.04. The highest BCUT2D eigenvalue weighted by atomic mass is 32.1. The molecule has 10 heteroatoms. The zero-order valence-electron chi connectivity index (χ0n) is 23.5. The molecule has 44 heavy (non-hydrogen) atoms. The number of amides is 1. The first kappa shape index (κ1) is 28.2. The summed E-state index contributed by atoms with van der Waals surface area (Å²) in [6.07, 6.45) is 5.11. The van der Waals surface area contributed by atoms with E-state index in [9.17, 15) is 14.9 Å². The summed E-state index contributed by atoms with van der Waals surface area (Å²) in [4.78, 5) is 27.2. The van der Waals surface area contributed by atoms with Gasteiger partial charge in [-0.15, -0.1) is 11.3 Å². The third-order valence-electron chi connectivity index (χ3n) is 6.81. The van der Waals surface area contributed by atoms with Gasteiger partial charge in [0.15, 0.2) is 5.57 Å². The predicted octanol–water partition coefficient (Wildman–Crippen LogP) is 4.17. The number of ether oxygens (including phenoxy) is 1. The minimum Gasteiger partial charge on any atom is -0.497 e. The Morgan fingerprint density at radius 3 is 2.34 bits per heavy atom. The van der Waals surface area contributed by atoms with E-state index in [1.165, 1.54) is 10.8 Å². The molecule has 1 N–H and O–H groups in total. The Kier molecular flexibility index (Phi) is 8.03. The first-order chi connectivity index (χ1) is 21.6. The SMILES string of the molecule is COc1ccc(-c2nn(-c3ccccc3)cc2C=c2sc(=C(C#N)C(=O)NCc3ccco3)n(-c3ccccc3)c2=O)cc1. The maximum absolute atomic E-state index is 14.0. The molecular formula is C34H25N5O4S. The number of furan rings is 1. The molecule has 0 saturated carbocycles. The van der Waals surface area contributed by atoms with E-state index in [0.717, 1.165) is 22.6 Å². The molecule has 0 fully saturated rings. The Hall–Kier alpha value is -5.92. The van der Waals surface area contributed by atoms with Gasteiger partial charge in [-0.1, -0.05) is 36.4 Å². The lowest BCUT2D eigenvalue weighted by molar-refractivity contribution is -0.115. The first-order valence-electron chi connectivity index (χ1n) is 13.6. The molecule has 3 heterocycles. The summed E-state index contributed by atoms with van der Waals surface area (Å²) in [5.74, 6) is 0.635. The summed E-state index contributed by atoms with van der Waals surface area (Å²) in [7, 11) is 1.61. The molecule has 0 aliphatic heterocycles. The number of hydrogen-bond acceptors (Lipinski definition) is 7. The molecule has 0 aliphatic rings. The van der Waals surface area contributed by atoms with E-state index >= 15 is 0 Å². The number of methoxy groups -OCH3 is 1. The molecule has 3 aromatic carbocycles. The zero-order chi connectivity index (χ0) is 30.5. The maximum Gasteiger partial charge on any atom is 0.273 e. The molecule has 6 aromatic rings. The van der Waals surface area contributed by atoms with Gasteiger partial charge in [0, 0.05) is 17.3 Å². The van der Waals surface area contributed by atoms with Crippen molar-refractivity contribution in [2.75, 3.05) is 7.11 Å². The molecule has 0 aliphatic carbocycles. The van der Waals surface area contributed by atoms with E-state index in [0.29, 0.717) is 33.0 Å². The number of para-hydroxylation sites is 2. The second kappa shape index (κ2) is 12.5. The van der Waals surface area contributed by atoms with Crippen LogP contribution in [-0.2, 0) is 11.3 Å². The average Bonchev–Trinajstić information content (AvgIpc) is 3.82. The van der Waals surface area contributed by atoms with E-state index in [-0.39, 0.29) is 22.3 Å². The van der Waals surface area contributed by atoms with Crippen LogP contribution in [-0.4, -0.2) is 27.4 Å². The van der Waals surface area contributed by atoms with Crippen molar-refractivity contribution in [3.63, 3.8) is 0 Å². The van der Waals surface area contributed by atoms with E-state index in [1.54, 1.807) is 54.3 Å². The van der Waals surface area contributed by atoms with Gasteiger partial charge >= 0.3 is 0 Å². The third-order valence-corrected chi connectivity index (χ3v) is 7.90. The Morgan fingerprint density at radius 1 is 1.00 bits per heavy atom. The number of carbonyl (C=O) groups is 1. The monoisotopic (exact) mass is 599 g/mol. The lowest BCUT2D eigenvalue weighted by atomic mass is 10.1. The molecular weight excluding hydrogens is 574 g/mol. The topological polar surface area (TPSA) is 115 Å². The van der Waals surface area contributed by atoms with Crippen molar-refractivity contribution in [1.82, 2.24) is 19.7 Å². The highest BCUT2D eigenvalue weighted by molar-refractivity contribution is 7.07. The molecule has 6 rings (SSSR count). The number of nitriles is 1. The number of nitrogens with one attached hydrogen (secondary N) is 1. The fraction of sp³-hybridized carbons (Fsp3) is 0.0588. The fourth-order valence-electron chi connectivity index (χ4n) is 4.65. The second-order valence-corrected chi connectivity index (χ2v) is 10.6. The largest absolute Gasteiger partial charge is 0.497 e. The van der Waals surface area contributed by atoms with Crippen molar-refractivity contribution in [3.05, 3.63) is 140 Å². The van der Waals surface area contributed by atoms with Crippen LogP contribution in [0.3, 0.4) is 0 Å². The molecule has 0 unspecified atom stereocenters. The summed E-state index contributed by atoms with van der Waals surface area (Å²) in [6.45, 7) is 0.0980. The zero-order valence-corrected chi connectivity index (χ0v) is 24.3. The fourth-order valence-corrected chi connectivity index (χ4v) is 5.74. The van der Waals surface area contributed by atoms with Gasteiger partial charge in [-0.25, -0.2) is 4.68 Å². The molecule has 3 aromatic heterocycles. The van der Waals surface area contributed by atoms with E-state index < -0.39 is 5.91 Å². The smallest absolute Gasteiger partial charge is 0.273 e. The van der Waals surface area contributed by atoms with Gasteiger partial charge in [-0.2, -0.15) is 10.4 Å². The number of aromatic nitrogens is 3. The molecule has 0 atom stereocenters. The van der Waals surface area contributed by atoms with E-state index in [4.69, 9.17) is 14.3 Å². The Bertz CT molecular complexity index is 2140. The van der Waals surface area contributed by atoms with Crippen LogP contribution in [0, 0.1) is 11.3 Å². The van der Waals surface area contributed by atoms with Crippen LogP contribution in [0.15, 0.2) is 119 Å². The summed E-state index contributed by atoms with van der Waals surface area (Å²) in [6, 6.07) is 31.5. The number of carbonyl (C=O) groups excluding carboxylic acids is 1. The molecule has 1 amide bonds. The molecule has 0 spiro atoms. The van der Waals surface area contributed by atoms with Crippen LogP contribution in [0.1, 0.15) is 11.3 Å². The van der Waals surface area contributed by atoms with E-state index in [2.05, 4.69) is 5.32 Å². The van der Waals surface area contributed by atoms with Crippen LogP contribution in [0.5, 0.6) is 5.75 Å². The van der Waals surface area contributed by atoms with Gasteiger partial charge < -0.3 is 14.5 Å². The quantitative estimate of drug-likeness (QED) is 0.281. The third kappa shape index (κ3) is 5.72. The van der Waals surface area contributed by atoms with Gasteiger partial charge in [0.25, 0.3) is 11.5 Å². The lowest BCUT2D eigenvalue weighted by Crippen LogP contribution is -2.33. The maximum atomic E-state index is 14.0. The van der Waals surface area contributed by atoms with Crippen molar-refractivity contribution in [2.24, 2.45) is 0 Å². The normalized spacial score (nSPS) is 12.0. The average molecular weight is 600 g/mol. The predicted molar refractivity (Wildman–Crippen MR) is 168 cm³/mol. The van der Waals surface area contributed by atoms with Crippen LogP contribution >= 0.6 is 11.3 Å². The van der Waals surface area contributed by atoms with Gasteiger partial charge in [-0.05, 0) is 66.7 Å². The standard InChI is InChI=1S/C34H25N5O4S/c1-42-27-16-14-23(15-17-27)31-24(22-38(37-31)25-9-4-2-5-10-25)19-30-33(41)39(26-11-6-3-7-12-26)34(44-30)29(20-35)32(40)36-21-28-13-8-18-43-28/h2-19,22H,21H2,1H3,(H,36,40). The summed E-state index contributed by atoms with van der Waals surface area (Å²) >= 11 is 1.07. The van der Waals surface area contributed by atoms with E-state index in [1.807, 2.05) is 72.9 Å². The van der Waals surface area contributed by atoms with Crippen LogP contribution in [0.25, 0.3) is 34.3 Å². The molecule has 9 nitrogen and oxygen atoms in total. The van der Waals surface area contributed by atoms with Crippen LogP contribution < -0.4 is 24.8 Å². The van der Waals surface area contributed by atoms with Gasteiger partial charge in [0.1, 0.15) is 27.9 Å². The number of nitrogens with zero attached hydrogens (tertiary/aromatic N) is 4. The number of hydrogen-bond donors (Lipinski definition) is 1. The summed E-state index contributed by atoms with van der Waals surface area (Å²) < 4.78 is 14.3. The first-order valence-corrected chi connectivity index (χ1v) is 14.4. The highest BCUT2D eigenvalue weighted by Crippen LogP contribution is 2.26. The minimum absolute atomic E-state index is 0.0980. The van der Waals surface area contributed by atoms with Gasteiger partial charge in [0.05, 0.1) is 35.8 Å². The highest BCUT2D eigenvalue weighted by Gasteiger charge is 2.18. The van der Waals surface area contributed by atoms with Crippen LogP contribution in [0.2, 0.25) is 0 Å². The number of thiazole rings is 1. The van der Waals surface area contributed by atoms with Crippen molar-refractivity contribution < 1.29 is 13.9 Å².